The fourth-order valence-corrected chi connectivity index (χ4v) is 2.13. The Hall–Kier alpha value is -0.286. The number of hydrogen-bond acceptors (Lipinski definition) is 2. The van der Waals surface area contributed by atoms with Crippen LogP contribution < -0.4 is 0 Å². The van der Waals surface area contributed by atoms with Crippen LogP contribution in [0.1, 0.15) is 12.8 Å². The van der Waals surface area contributed by atoms with Crippen LogP contribution in [0.15, 0.2) is 41.5 Å². The van der Waals surface area contributed by atoms with Crippen LogP contribution in [0.4, 0.5) is 5.69 Å². The first-order valence-corrected chi connectivity index (χ1v) is 11.1. The summed E-state index contributed by atoms with van der Waals surface area (Å²) in [5, 5.41) is 5.59. The summed E-state index contributed by atoms with van der Waals surface area (Å²) in [6.45, 7) is 0.977. The van der Waals surface area contributed by atoms with Crippen LogP contribution in [-0.4, -0.2) is 23.8 Å². The third kappa shape index (κ3) is 4.62. The Labute approximate surface area is 139 Å². The number of pyridine rings is 1. The number of para-hydroxylation sites is 1. The summed E-state index contributed by atoms with van der Waals surface area (Å²) >= 11 is 6.00. The first kappa shape index (κ1) is 16.1. The SMILES string of the molecule is C(=Nc1cccc2cccnc12)C1CCC[N-]1.[Br][Ni+][Br]. The zero-order valence-electron chi connectivity index (χ0n) is 10.7. The number of nitrogens with zero attached hydrogens (tertiary/aromatic N) is 3. The van der Waals surface area contributed by atoms with Crippen LogP contribution in [0.3, 0.4) is 0 Å². The van der Waals surface area contributed by atoms with E-state index in [0.717, 1.165) is 29.6 Å². The molecule has 0 radical (unpaired) electrons. The minimum absolute atomic E-state index is 0.300. The molecule has 1 unspecified atom stereocenters. The molecule has 6 heteroatoms. The van der Waals surface area contributed by atoms with E-state index in [9.17, 15) is 0 Å². The van der Waals surface area contributed by atoms with E-state index >= 15 is 0 Å². The number of aromatic nitrogens is 1. The first-order valence-electron chi connectivity index (χ1n) is 6.22. The van der Waals surface area contributed by atoms with Gasteiger partial charge in [0.2, 0.25) is 0 Å². The molecule has 2 aromatic rings. The van der Waals surface area contributed by atoms with E-state index in [1.54, 1.807) is 6.20 Å². The predicted octanol–water partition coefficient (Wildman–Crippen LogP) is 5.16. The van der Waals surface area contributed by atoms with E-state index in [2.05, 4.69) is 55.9 Å². The van der Waals surface area contributed by atoms with Gasteiger partial charge in [0.25, 0.3) is 0 Å². The molecule has 3 rings (SSSR count). The quantitative estimate of drug-likeness (QED) is 0.467. The molecule has 1 aromatic carbocycles. The monoisotopic (exact) mass is 440 g/mol. The van der Waals surface area contributed by atoms with Crippen LogP contribution >= 0.6 is 28.5 Å². The van der Waals surface area contributed by atoms with Crippen molar-refractivity contribution < 1.29 is 10.9 Å². The number of fused-ring (bicyclic) bond motifs is 1. The van der Waals surface area contributed by atoms with E-state index in [4.69, 9.17) is 0 Å². The summed E-state index contributed by atoms with van der Waals surface area (Å²) in [4.78, 5) is 8.92. The molecule has 0 amide bonds. The molecule has 0 bridgehead atoms. The maximum atomic E-state index is 4.54. The summed E-state index contributed by atoms with van der Waals surface area (Å²) < 4.78 is 0. The van der Waals surface area contributed by atoms with Crippen LogP contribution in [0, 0.1) is 0 Å². The van der Waals surface area contributed by atoms with E-state index in [1.807, 2.05) is 24.4 Å². The van der Waals surface area contributed by atoms with Gasteiger partial charge in [-0.3, -0.25) is 9.98 Å². The Morgan fingerprint density at radius 1 is 1.30 bits per heavy atom. The van der Waals surface area contributed by atoms with Gasteiger partial charge in [-0.25, -0.2) is 0 Å². The molecule has 109 valence electrons. The van der Waals surface area contributed by atoms with Crippen molar-refractivity contribution in [3.8, 4) is 0 Å². The Kier molecular flexibility index (Phi) is 7.14. The van der Waals surface area contributed by atoms with E-state index in [1.165, 1.54) is 17.3 Å². The van der Waals surface area contributed by atoms with Crippen LogP contribution in [0.5, 0.6) is 0 Å². The van der Waals surface area contributed by atoms with Gasteiger partial charge in [0.05, 0.1) is 11.2 Å². The molecule has 3 nitrogen and oxygen atoms in total. The van der Waals surface area contributed by atoms with Crippen LogP contribution in [-0.2, 0) is 10.9 Å². The van der Waals surface area contributed by atoms with Crippen LogP contribution in [0.2, 0.25) is 0 Å². The molecule has 0 spiro atoms. The van der Waals surface area contributed by atoms with Crippen molar-refractivity contribution in [1.82, 2.24) is 4.98 Å². The predicted molar refractivity (Wildman–Crippen MR) is 89.0 cm³/mol. The fraction of sp³-hybridized carbons (Fsp3) is 0.286. The summed E-state index contributed by atoms with van der Waals surface area (Å²) in [6, 6.07) is 10.4. The Bertz CT molecular complexity index is 566. The number of benzene rings is 1. The third-order valence-electron chi connectivity index (χ3n) is 3.02. The van der Waals surface area contributed by atoms with Gasteiger partial charge in [-0.15, -0.1) is 6.54 Å². The van der Waals surface area contributed by atoms with Crippen molar-refractivity contribution in [1.29, 1.82) is 0 Å². The van der Waals surface area contributed by atoms with Crippen molar-refractivity contribution in [2.45, 2.75) is 18.9 Å². The second kappa shape index (κ2) is 8.88. The summed E-state index contributed by atoms with van der Waals surface area (Å²) in [6.07, 6.45) is 6.07. The Morgan fingerprint density at radius 3 is 2.85 bits per heavy atom. The van der Waals surface area contributed by atoms with E-state index in [-0.39, 0.29) is 0 Å². The summed E-state index contributed by atoms with van der Waals surface area (Å²) in [7, 11) is 1.25. The van der Waals surface area contributed by atoms with Gasteiger partial charge in [-0.05, 0) is 18.3 Å². The molecule has 0 N–H and O–H groups in total. The molecule has 0 aliphatic carbocycles. The van der Waals surface area contributed by atoms with Crippen molar-refractivity contribution in [2.75, 3.05) is 6.54 Å². The van der Waals surface area contributed by atoms with Crippen molar-refractivity contribution >= 4 is 51.3 Å². The molecule has 1 saturated heterocycles. The van der Waals surface area contributed by atoms with Gasteiger partial charge in [-0.2, -0.15) is 0 Å². The summed E-state index contributed by atoms with van der Waals surface area (Å²) in [5.74, 6) is 0. The van der Waals surface area contributed by atoms with Crippen molar-refractivity contribution in [2.24, 2.45) is 4.99 Å². The van der Waals surface area contributed by atoms with E-state index in [0.29, 0.717) is 6.04 Å². The number of halogens is 2. The maximum absolute atomic E-state index is 4.54. The minimum atomic E-state index is 0.300. The van der Waals surface area contributed by atoms with Crippen LogP contribution in [0.25, 0.3) is 16.2 Å². The number of aliphatic imine (C=N–C) groups is 1. The topological polar surface area (TPSA) is 39.4 Å². The zero-order chi connectivity index (χ0) is 14.2. The average molecular weight is 443 g/mol. The second-order valence-electron chi connectivity index (χ2n) is 4.29. The molecule has 0 saturated carbocycles. The second-order valence-corrected chi connectivity index (χ2v) is 9.28. The zero-order valence-corrected chi connectivity index (χ0v) is 14.8. The normalized spacial score (nSPS) is 18.4. The molecule has 2 heterocycles. The van der Waals surface area contributed by atoms with Gasteiger partial charge >= 0.3 is 39.3 Å². The first-order chi connectivity index (χ1) is 9.85. The molecule has 1 atom stereocenters. The third-order valence-corrected chi connectivity index (χ3v) is 3.02. The number of hydrogen-bond donors (Lipinski definition) is 0. The molecule has 1 aromatic heterocycles. The molecule has 20 heavy (non-hydrogen) atoms. The van der Waals surface area contributed by atoms with Gasteiger partial charge in [0.1, 0.15) is 0 Å². The molecular formula is C14H14Br2N3Ni. The average Bonchev–Trinajstić information content (AvgIpc) is 2.99. The van der Waals surface area contributed by atoms with Gasteiger partial charge in [0, 0.05) is 11.6 Å². The number of rotatable bonds is 2. The molecule has 1 fully saturated rings. The van der Waals surface area contributed by atoms with Gasteiger partial charge in [-0.1, -0.05) is 37.1 Å². The van der Waals surface area contributed by atoms with Crippen molar-refractivity contribution in [3.63, 3.8) is 0 Å². The molecule has 1 aliphatic rings. The standard InChI is InChI=1S/C14H14N3.2BrH.Ni/c1-4-11-5-2-9-16-14(11)13(7-1)17-10-12-6-3-8-15-12;;;/h1-2,4-5,7,9-10,12H,3,6,8H2;2*1H;/q-1;;;+3/p-2. The Balaban J connectivity index is 0.000000452. The van der Waals surface area contributed by atoms with Gasteiger partial charge in [0.15, 0.2) is 0 Å². The molecular weight excluding hydrogens is 429 g/mol. The fourth-order valence-electron chi connectivity index (χ4n) is 2.13. The Morgan fingerprint density at radius 2 is 2.10 bits per heavy atom. The van der Waals surface area contributed by atoms with Crippen molar-refractivity contribution in [3.05, 3.63) is 41.8 Å². The summed E-state index contributed by atoms with van der Waals surface area (Å²) in [5.41, 5.74) is 1.90. The van der Waals surface area contributed by atoms with E-state index < -0.39 is 0 Å². The van der Waals surface area contributed by atoms with Gasteiger partial charge < -0.3 is 5.32 Å². The molecule has 1 aliphatic heterocycles.